The van der Waals surface area contributed by atoms with Crippen LogP contribution in [0.15, 0.2) is 18.2 Å². The lowest BCUT2D eigenvalue weighted by Gasteiger charge is -2.83. The number of likely N-dealkylation sites (tertiary alicyclic amines) is 2. The van der Waals surface area contributed by atoms with Crippen LogP contribution in [0, 0.1) is 45.8 Å². The Hall–Kier alpha value is -2.33. The summed E-state index contributed by atoms with van der Waals surface area (Å²) in [6.45, 7) is 5.15. The number of hydrogen-bond acceptors (Lipinski definition) is 4. The van der Waals surface area contributed by atoms with Gasteiger partial charge >= 0.3 is 6.18 Å². The van der Waals surface area contributed by atoms with E-state index in [-0.39, 0.29) is 52.0 Å². The maximum absolute atomic E-state index is 14.5. The van der Waals surface area contributed by atoms with Crippen molar-refractivity contribution < 1.29 is 27.6 Å². The number of nitrogens with two attached hydrogens (primary N) is 1. The number of fused-ring (bicyclic) bond motifs is 3. The molecule has 1 aromatic rings. The highest BCUT2D eigenvalue weighted by atomic mass is 35.5. The number of carbonyl (C=O) groups is 3. The Balaban J connectivity index is 1.06. The number of amides is 3. The van der Waals surface area contributed by atoms with Gasteiger partial charge in [0.25, 0.3) is 5.91 Å². The van der Waals surface area contributed by atoms with Crippen molar-refractivity contribution in [3.8, 4) is 0 Å². The molecule has 7 atom stereocenters. The van der Waals surface area contributed by atoms with Crippen LogP contribution in [-0.4, -0.2) is 72.7 Å². The first-order valence-electron chi connectivity index (χ1n) is 14.7. The molecule has 11 heteroatoms. The molecule has 7 nitrogen and oxygen atoms in total. The number of alkyl halides is 4. The summed E-state index contributed by atoms with van der Waals surface area (Å²) in [6.07, 6.45) is -2.21. The fourth-order valence-corrected chi connectivity index (χ4v) is 12.1. The summed E-state index contributed by atoms with van der Waals surface area (Å²) in [5, 5.41) is 2.65. The first-order valence-corrected chi connectivity index (χ1v) is 15.3. The van der Waals surface area contributed by atoms with E-state index in [0.29, 0.717) is 68.4 Å². The fourth-order valence-electron chi connectivity index (χ4n) is 11.9. The number of rotatable bonds is 8. The van der Waals surface area contributed by atoms with Gasteiger partial charge in [0.2, 0.25) is 11.8 Å². The van der Waals surface area contributed by atoms with Crippen molar-refractivity contribution in [3.63, 3.8) is 0 Å². The van der Waals surface area contributed by atoms with Crippen LogP contribution < -0.4 is 11.1 Å². The topological polar surface area (TPSA) is 95.7 Å². The lowest BCUT2D eigenvalue weighted by atomic mass is 9.20. The van der Waals surface area contributed by atoms with Gasteiger partial charge in [0.1, 0.15) is 5.88 Å². The van der Waals surface area contributed by atoms with Crippen LogP contribution in [-0.2, 0) is 21.2 Å². The second-order valence-electron chi connectivity index (χ2n) is 14.0. The Morgan fingerprint density at radius 1 is 1.05 bits per heavy atom. The molecule has 7 aliphatic rings. The smallest absolute Gasteiger partial charge is 0.352 e. The molecule has 7 unspecified atom stereocenters. The van der Waals surface area contributed by atoms with Crippen LogP contribution in [0.4, 0.5) is 13.2 Å². The van der Waals surface area contributed by atoms with Crippen LogP contribution >= 0.6 is 11.6 Å². The van der Waals surface area contributed by atoms with Gasteiger partial charge in [0.05, 0.1) is 11.1 Å². The van der Waals surface area contributed by atoms with E-state index < -0.39 is 23.1 Å². The predicted molar refractivity (Wildman–Crippen MR) is 143 cm³/mol. The minimum Gasteiger partial charge on any atom is -0.352 e. The summed E-state index contributed by atoms with van der Waals surface area (Å²) in [5.74, 6) is 0.715. The second-order valence-corrected chi connectivity index (χ2v) is 14.2. The van der Waals surface area contributed by atoms with Crippen LogP contribution in [0.25, 0.3) is 0 Å². The lowest BCUT2D eigenvalue weighted by Crippen LogP contribution is -2.80. The molecule has 1 aromatic carbocycles. The zero-order chi connectivity index (χ0) is 28.9. The molecule has 2 aliphatic heterocycles. The second kappa shape index (κ2) is 7.78. The first kappa shape index (κ1) is 26.3. The van der Waals surface area contributed by atoms with Crippen molar-refractivity contribution >= 4 is 29.3 Å². The summed E-state index contributed by atoms with van der Waals surface area (Å²) < 4.78 is 43.4. The van der Waals surface area contributed by atoms with Crippen LogP contribution in [0.5, 0.6) is 0 Å². The van der Waals surface area contributed by atoms with Gasteiger partial charge in [-0.2, -0.15) is 13.2 Å². The number of carbonyl (C=O) groups excluding carboxylic acids is 3. The largest absolute Gasteiger partial charge is 0.417 e. The van der Waals surface area contributed by atoms with Crippen LogP contribution in [0.2, 0.25) is 0 Å². The van der Waals surface area contributed by atoms with E-state index in [1.807, 2.05) is 4.90 Å². The molecular weight excluding hydrogens is 557 g/mol. The van der Waals surface area contributed by atoms with E-state index in [9.17, 15) is 27.6 Å². The highest BCUT2D eigenvalue weighted by molar-refractivity contribution is 6.27. The average molecular weight is 591 g/mol. The number of nitrogens with one attached hydrogen (secondary N) is 1. The molecule has 2 heterocycles. The van der Waals surface area contributed by atoms with Gasteiger partial charge in [0, 0.05) is 56.4 Å². The van der Waals surface area contributed by atoms with Gasteiger partial charge < -0.3 is 20.9 Å². The third kappa shape index (κ3) is 2.57. The Morgan fingerprint density at radius 3 is 2.34 bits per heavy atom. The summed E-state index contributed by atoms with van der Waals surface area (Å²) in [6, 6.07) is 4.30. The summed E-state index contributed by atoms with van der Waals surface area (Å²) in [5.41, 5.74) is 4.46. The molecule has 5 aliphatic carbocycles. The van der Waals surface area contributed by atoms with E-state index in [1.165, 1.54) is 12.1 Å². The molecule has 3 amide bonds. The van der Waals surface area contributed by atoms with Crippen LogP contribution in [0.1, 0.15) is 47.7 Å². The zero-order valence-electron chi connectivity index (χ0n) is 22.9. The zero-order valence-corrected chi connectivity index (χ0v) is 23.7. The van der Waals surface area contributed by atoms with Crippen molar-refractivity contribution in [2.24, 2.45) is 51.6 Å². The Kier molecular flexibility index (Phi) is 4.99. The molecule has 0 bridgehead atoms. The maximum atomic E-state index is 14.5. The SMILES string of the molecule is CC12C34C5CC3C1(CC(=O)N1CC(CN)C1)C2(c1ccc(C(=O)NCC2CN(C(=O)CCl)C2)c(C(F)(F)F)c1)C4C5. The predicted octanol–water partition coefficient (Wildman–Crippen LogP) is 2.85. The van der Waals surface area contributed by atoms with E-state index in [0.717, 1.165) is 12.8 Å². The number of nitrogens with zero attached hydrogens (tertiary/aromatic N) is 2. The van der Waals surface area contributed by atoms with Gasteiger partial charge in [-0.1, -0.05) is 13.0 Å². The molecular formula is C30H34ClF3N4O3. The van der Waals surface area contributed by atoms with Gasteiger partial charge in [0.15, 0.2) is 0 Å². The van der Waals surface area contributed by atoms with E-state index in [2.05, 4.69) is 12.2 Å². The Labute approximate surface area is 241 Å². The van der Waals surface area contributed by atoms with Gasteiger partial charge in [-0.15, -0.1) is 11.6 Å². The monoisotopic (exact) mass is 590 g/mol. The van der Waals surface area contributed by atoms with Gasteiger partial charge in [-0.3, -0.25) is 14.4 Å². The standard InChI is InChI=1S/C30H34ClF3N4O3/c1-26-27(7-23(39)37-11-15(9-35)12-37)21-5-18-6-22(28(18,21)26)29(26,27)17-2-3-19(20(4-17)30(32,33)34)25(41)36-10-16-13-38(14-16)24(40)8-31/h2-4,15-16,18,21-22H,5-14,35H2,1H3,(H,36,41). The van der Waals surface area contributed by atoms with Gasteiger partial charge in [-0.25, -0.2) is 0 Å². The molecule has 220 valence electrons. The van der Waals surface area contributed by atoms with Crippen LogP contribution in [0.3, 0.4) is 0 Å². The summed E-state index contributed by atoms with van der Waals surface area (Å²) >= 11 is 5.56. The lowest BCUT2D eigenvalue weighted by molar-refractivity contribution is -0.357. The van der Waals surface area contributed by atoms with E-state index >= 15 is 0 Å². The fraction of sp³-hybridized carbons (Fsp3) is 0.700. The maximum Gasteiger partial charge on any atom is 0.417 e. The minimum absolute atomic E-state index is 0.0159. The quantitative estimate of drug-likeness (QED) is 0.455. The third-order valence-corrected chi connectivity index (χ3v) is 13.5. The molecule has 41 heavy (non-hydrogen) atoms. The minimum atomic E-state index is -4.70. The molecule has 0 radical (unpaired) electrons. The number of hydrogen-bond donors (Lipinski definition) is 2. The van der Waals surface area contributed by atoms with Crippen molar-refractivity contribution in [2.45, 2.75) is 37.8 Å². The van der Waals surface area contributed by atoms with Crippen molar-refractivity contribution in [1.82, 2.24) is 15.1 Å². The molecule has 2 saturated heterocycles. The molecule has 1 spiro atoms. The summed E-state index contributed by atoms with van der Waals surface area (Å²) in [7, 11) is 0. The van der Waals surface area contributed by atoms with Crippen molar-refractivity contribution in [3.05, 3.63) is 34.9 Å². The van der Waals surface area contributed by atoms with Gasteiger partial charge in [-0.05, 0) is 71.1 Å². The average Bonchev–Trinajstić information content (AvgIpc) is 3.21. The molecule has 5 saturated carbocycles. The number of halogens is 4. The highest BCUT2D eigenvalue weighted by Crippen LogP contribution is 3.18. The number of benzene rings is 1. The molecule has 3 N–H and O–H groups in total. The highest BCUT2D eigenvalue weighted by Gasteiger charge is 3.17. The van der Waals surface area contributed by atoms with E-state index in [1.54, 1.807) is 11.0 Å². The third-order valence-electron chi connectivity index (χ3n) is 13.2. The normalized spacial score (nSPS) is 40.9. The van der Waals surface area contributed by atoms with E-state index in [4.69, 9.17) is 17.3 Å². The Morgan fingerprint density at radius 2 is 1.71 bits per heavy atom. The van der Waals surface area contributed by atoms with Crippen molar-refractivity contribution in [2.75, 3.05) is 45.1 Å². The summed E-state index contributed by atoms with van der Waals surface area (Å²) in [4.78, 5) is 41.5. The Bertz CT molecular complexity index is 1410. The first-order chi connectivity index (χ1) is 19.4. The molecule has 0 aromatic heterocycles. The van der Waals surface area contributed by atoms with Crippen molar-refractivity contribution in [1.29, 1.82) is 0 Å². The molecule has 8 rings (SSSR count). The molecule has 7 fully saturated rings.